The molecule has 0 saturated carbocycles. The minimum Gasteiger partial charge on any atom is -0.392 e. The van der Waals surface area contributed by atoms with Gasteiger partial charge in [-0.2, -0.15) is 0 Å². The van der Waals surface area contributed by atoms with Crippen LogP contribution < -0.4 is 0 Å². The van der Waals surface area contributed by atoms with Crippen molar-refractivity contribution in [2.75, 3.05) is 0 Å². The van der Waals surface area contributed by atoms with Gasteiger partial charge in [-0.25, -0.2) is 0 Å². The molecule has 0 aromatic heterocycles. The highest BCUT2D eigenvalue weighted by Crippen LogP contribution is 2.25. The Morgan fingerprint density at radius 3 is 2.08 bits per heavy atom. The molecule has 0 aliphatic carbocycles. The van der Waals surface area contributed by atoms with Gasteiger partial charge in [0, 0.05) is 0 Å². The molecule has 74 valence electrons. The number of aliphatic hydroxyl groups excluding tert-OH is 1. The lowest BCUT2D eigenvalue weighted by Gasteiger charge is -2.21. The zero-order valence-corrected chi connectivity index (χ0v) is 7.96. The number of aliphatic hydroxyl groups is 1. The van der Waals surface area contributed by atoms with E-state index in [1.165, 1.54) is 5.56 Å². The number of hydrogen-bond donors (Lipinski definition) is 1. The van der Waals surface area contributed by atoms with Gasteiger partial charge in [-0.05, 0) is 16.5 Å². The number of benzene rings is 1. The quantitative estimate of drug-likeness (QED) is 0.704. The molecule has 1 rings (SSSR count). The molecule has 0 radical (unpaired) electrons. The van der Waals surface area contributed by atoms with Gasteiger partial charge in [0.2, 0.25) is 0 Å². The van der Waals surface area contributed by atoms with E-state index in [4.69, 9.17) is 5.11 Å². The summed E-state index contributed by atoms with van der Waals surface area (Å²) in [6, 6.07) is 8.02. The first-order valence-electron chi connectivity index (χ1n) is 4.25. The maximum Gasteiger partial charge on any atom is 0.0684 e. The van der Waals surface area contributed by atoms with E-state index in [9.17, 15) is 0 Å². The largest absolute Gasteiger partial charge is 0.392 e. The summed E-state index contributed by atoms with van der Waals surface area (Å²) in [4.78, 5) is 0. The molecule has 0 heterocycles. The summed E-state index contributed by atoms with van der Waals surface area (Å²) in [6.07, 6.45) is 0. The Bertz CT molecular complexity index is 258. The molecular formula is C12H20O. The van der Waals surface area contributed by atoms with Crippen LogP contribution in [0.1, 0.15) is 39.3 Å². The van der Waals surface area contributed by atoms with Gasteiger partial charge in [0.25, 0.3) is 0 Å². The van der Waals surface area contributed by atoms with Crippen LogP contribution in [0.25, 0.3) is 0 Å². The van der Waals surface area contributed by atoms with E-state index in [2.05, 4.69) is 26.8 Å². The number of hydrogen-bond acceptors (Lipinski definition) is 1. The molecule has 0 atom stereocenters. The van der Waals surface area contributed by atoms with Gasteiger partial charge < -0.3 is 5.11 Å². The summed E-state index contributed by atoms with van der Waals surface area (Å²) in [5.41, 5.74) is 2.39. The molecule has 0 aliphatic heterocycles. The maximum absolute atomic E-state index is 9.08. The van der Waals surface area contributed by atoms with Crippen LogP contribution in [0.5, 0.6) is 0 Å². The molecule has 1 N–H and O–H groups in total. The van der Waals surface area contributed by atoms with Crippen LogP contribution in [0.15, 0.2) is 24.3 Å². The fourth-order valence-electron chi connectivity index (χ4n) is 1.39. The van der Waals surface area contributed by atoms with Gasteiger partial charge in [-0.1, -0.05) is 52.5 Å². The molecule has 1 heteroatoms. The molecule has 0 saturated heterocycles. The second-order valence-electron chi connectivity index (χ2n) is 4.07. The van der Waals surface area contributed by atoms with E-state index >= 15 is 0 Å². The van der Waals surface area contributed by atoms with E-state index in [1.807, 2.05) is 18.2 Å². The van der Waals surface area contributed by atoms with Crippen LogP contribution in [0.4, 0.5) is 0 Å². The Hall–Kier alpha value is -0.820. The van der Waals surface area contributed by atoms with Gasteiger partial charge in [0.15, 0.2) is 0 Å². The third-order valence-electron chi connectivity index (χ3n) is 2.00. The first-order chi connectivity index (χ1) is 5.55. The van der Waals surface area contributed by atoms with Crippen molar-refractivity contribution in [2.24, 2.45) is 0 Å². The fraction of sp³-hybridized carbons (Fsp3) is 0.500. The summed E-state index contributed by atoms with van der Waals surface area (Å²) < 4.78 is 0. The summed E-state index contributed by atoms with van der Waals surface area (Å²) in [7, 11) is 0. The highest BCUT2D eigenvalue weighted by molar-refractivity contribution is 5.32. The van der Waals surface area contributed by atoms with Crippen molar-refractivity contribution in [3.05, 3.63) is 35.4 Å². The molecule has 0 spiro atoms. The maximum atomic E-state index is 9.08. The highest BCUT2D eigenvalue weighted by Gasteiger charge is 2.16. The first-order valence-corrected chi connectivity index (χ1v) is 4.25. The highest BCUT2D eigenvalue weighted by atomic mass is 16.3. The predicted molar refractivity (Wildman–Crippen MR) is 57.8 cm³/mol. The summed E-state index contributed by atoms with van der Waals surface area (Å²) in [5.74, 6) is 0. The topological polar surface area (TPSA) is 20.2 Å². The van der Waals surface area contributed by atoms with Gasteiger partial charge in [0.1, 0.15) is 0 Å². The molecule has 0 fully saturated rings. The Kier molecular flexibility index (Phi) is 4.15. The molecule has 1 nitrogen and oxygen atoms in total. The Morgan fingerprint density at radius 1 is 1.15 bits per heavy atom. The SMILES string of the molecule is C.CC(C)(C)c1ccccc1CO. The Balaban J connectivity index is 0.00000144. The third-order valence-corrected chi connectivity index (χ3v) is 2.00. The van der Waals surface area contributed by atoms with Crippen LogP contribution in [0.2, 0.25) is 0 Å². The van der Waals surface area contributed by atoms with Crippen LogP contribution in [0.3, 0.4) is 0 Å². The second-order valence-corrected chi connectivity index (χ2v) is 4.07. The van der Waals surface area contributed by atoms with Crippen LogP contribution >= 0.6 is 0 Å². The lowest BCUT2D eigenvalue weighted by Crippen LogP contribution is -2.13. The molecular weight excluding hydrogens is 160 g/mol. The monoisotopic (exact) mass is 180 g/mol. The average molecular weight is 180 g/mol. The molecule has 0 unspecified atom stereocenters. The minimum absolute atomic E-state index is 0. The van der Waals surface area contributed by atoms with Gasteiger partial charge in [-0.15, -0.1) is 0 Å². The van der Waals surface area contributed by atoms with Crippen molar-refractivity contribution in [2.45, 2.75) is 40.2 Å². The third kappa shape index (κ3) is 2.85. The van der Waals surface area contributed by atoms with Crippen molar-refractivity contribution in [1.29, 1.82) is 0 Å². The molecule has 1 aromatic rings. The predicted octanol–water partition coefficient (Wildman–Crippen LogP) is 3.11. The first kappa shape index (κ1) is 12.2. The molecule has 13 heavy (non-hydrogen) atoms. The van der Waals surface area contributed by atoms with Gasteiger partial charge in [-0.3, -0.25) is 0 Å². The number of rotatable bonds is 1. The molecule has 0 bridgehead atoms. The molecule has 0 aliphatic rings. The molecule has 0 amide bonds. The lowest BCUT2D eigenvalue weighted by molar-refractivity contribution is 0.278. The van der Waals surface area contributed by atoms with Crippen molar-refractivity contribution in [3.63, 3.8) is 0 Å². The zero-order chi connectivity index (χ0) is 9.19. The second kappa shape index (κ2) is 4.43. The van der Waals surface area contributed by atoms with E-state index < -0.39 is 0 Å². The summed E-state index contributed by atoms with van der Waals surface area (Å²) >= 11 is 0. The summed E-state index contributed by atoms with van der Waals surface area (Å²) in [6.45, 7) is 6.60. The smallest absolute Gasteiger partial charge is 0.0684 e. The molecule has 1 aromatic carbocycles. The minimum atomic E-state index is 0. The van der Waals surface area contributed by atoms with Crippen LogP contribution in [-0.2, 0) is 12.0 Å². The van der Waals surface area contributed by atoms with E-state index in [0.717, 1.165) is 5.56 Å². The average Bonchev–Trinajstić information content (AvgIpc) is 2.03. The normalized spacial score (nSPS) is 10.8. The zero-order valence-electron chi connectivity index (χ0n) is 7.96. The van der Waals surface area contributed by atoms with Crippen LogP contribution in [-0.4, -0.2) is 5.11 Å². The van der Waals surface area contributed by atoms with Crippen molar-refractivity contribution >= 4 is 0 Å². The van der Waals surface area contributed by atoms with E-state index in [0.29, 0.717) is 0 Å². The van der Waals surface area contributed by atoms with Crippen molar-refractivity contribution < 1.29 is 5.11 Å². The van der Waals surface area contributed by atoms with Crippen molar-refractivity contribution in [3.8, 4) is 0 Å². The fourth-order valence-corrected chi connectivity index (χ4v) is 1.39. The summed E-state index contributed by atoms with van der Waals surface area (Å²) in [5, 5.41) is 9.08. The van der Waals surface area contributed by atoms with E-state index in [-0.39, 0.29) is 19.4 Å². The van der Waals surface area contributed by atoms with Crippen LogP contribution in [0, 0.1) is 0 Å². The van der Waals surface area contributed by atoms with Crippen molar-refractivity contribution in [1.82, 2.24) is 0 Å². The van der Waals surface area contributed by atoms with E-state index in [1.54, 1.807) is 0 Å². The van der Waals surface area contributed by atoms with Gasteiger partial charge >= 0.3 is 0 Å². The van der Waals surface area contributed by atoms with Gasteiger partial charge in [0.05, 0.1) is 6.61 Å². The Labute approximate surface area is 81.4 Å². The standard InChI is InChI=1S/C11H16O.CH4/c1-11(2,3)10-7-5-4-6-9(10)8-12;/h4-7,12H,8H2,1-3H3;1H4. The lowest BCUT2D eigenvalue weighted by atomic mass is 9.84. The Morgan fingerprint density at radius 2 is 1.69 bits per heavy atom.